The van der Waals surface area contributed by atoms with E-state index in [1.54, 1.807) is 12.1 Å². The first-order valence-electron chi connectivity index (χ1n) is 9.86. The van der Waals surface area contributed by atoms with Gasteiger partial charge in [0.25, 0.3) is 11.6 Å². The molecule has 2 aromatic rings. The lowest BCUT2D eigenvalue weighted by atomic mass is 9.96. The summed E-state index contributed by atoms with van der Waals surface area (Å²) < 4.78 is 5.42. The predicted octanol–water partition coefficient (Wildman–Crippen LogP) is 4.23. The van der Waals surface area contributed by atoms with Crippen molar-refractivity contribution in [1.82, 2.24) is 10.2 Å². The molecule has 0 saturated heterocycles. The number of amides is 1. The van der Waals surface area contributed by atoms with Crippen molar-refractivity contribution >= 4 is 45.9 Å². The average Bonchev–Trinajstić information content (AvgIpc) is 3.27. The van der Waals surface area contributed by atoms with Gasteiger partial charge in [-0.3, -0.25) is 14.9 Å². The van der Waals surface area contributed by atoms with Gasteiger partial charge in [0.05, 0.1) is 16.5 Å². The number of allylic oxidation sites excluding steroid dienone is 1. The summed E-state index contributed by atoms with van der Waals surface area (Å²) in [6.45, 7) is 5.68. The third kappa shape index (κ3) is 5.46. The number of nitrogens with zero attached hydrogens (tertiary/aromatic N) is 2. The van der Waals surface area contributed by atoms with Gasteiger partial charge in [0, 0.05) is 43.3 Å². The molecule has 1 aromatic carbocycles. The second kappa shape index (κ2) is 10.5. The summed E-state index contributed by atoms with van der Waals surface area (Å²) in [6, 6.07) is 7.44. The van der Waals surface area contributed by atoms with Crippen molar-refractivity contribution in [3.05, 3.63) is 68.0 Å². The van der Waals surface area contributed by atoms with Gasteiger partial charge in [-0.25, -0.2) is 0 Å². The summed E-state index contributed by atoms with van der Waals surface area (Å²) in [4.78, 5) is 25.8. The summed E-state index contributed by atoms with van der Waals surface area (Å²) in [5, 5.41) is 21.6. The Kier molecular flexibility index (Phi) is 7.72. The molecule has 0 fully saturated rings. The second-order valence-corrected chi connectivity index (χ2v) is 8.07. The Morgan fingerprint density at radius 3 is 2.90 bits per heavy atom. The van der Waals surface area contributed by atoms with Crippen LogP contribution in [-0.4, -0.2) is 40.6 Å². The highest BCUT2D eigenvalue weighted by Gasteiger charge is 2.34. The number of non-ortho nitro benzene ring substituents is 1. The van der Waals surface area contributed by atoms with Crippen molar-refractivity contribution in [3.63, 3.8) is 0 Å². The van der Waals surface area contributed by atoms with Crippen molar-refractivity contribution in [2.45, 2.75) is 26.3 Å². The van der Waals surface area contributed by atoms with E-state index in [2.05, 4.69) is 10.6 Å². The summed E-state index contributed by atoms with van der Waals surface area (Å²) in [7, 11) is 0. The second-order valence-electron chi connectivity index (χ2n) is 6.90. The van der Waals surface area contributed by atoms with Crippen LogP contribution >= 0.6 is 23.6 Å². The van der Waals surface area contributed by atoms with E-state index in [0.717, 1.165) is 17.7 Å². The number of rotatable bonds is 9. The molecule has 0 saturated carbocycles. The molecule has 164 valence electrons. The van der Waals surface area contributed by atoms with Crippen LogP contribution in [0.5, 0.6) is 0 Å². The van der Waals surface area contributed by atoms with Gasteiger partial charge in [-0.05, 0) is 60.9 Å². The zero-order chi connectivity index (χ0) is 22.4. The van der Waals surface area contributed by atoms with E-state index < -0.39 is 11.0 Å². The van der Waals surface area contributed by atoms with Crippen LogP contribution < -0.4 is 10.6 Å². The van der Waals surface area contributed by atoms with Crippen LogP contribution in [0.4, 0.5) is 11.4 Å². The van der Waals surface area contributed by atoms with E-state index in [1.165, 1.54) is 23.5 Å². The molecule has 0 spiro atoms. The number of hydrogen-bond donors (Lipinski definition) is 2. The largest absolute Gasteiger partial charge is 0.382 e. The van der Waals surface area contributed by atoms with E-state index in [1.807, 2.05) is 35.6 Å². The minimum atomic E-state index is -0.491. The van der Waals surface area contributed by atoms with Gasteiger partial charge in [0.1, 0.15) is 0 Å². The van der Waals surface area contributed by atoms with Gasteiger partial charge in [-0.2, -0.15) is 11.3 Å². The fourth-order valence-electron chi connectivity index (χ4n) is 3.40. The van der Waals surface area contributed by atoms with Crippen molar-refractivity contribution in [2.24, 2.45) is 0 Å². The monoisotopic (exact) mass is 460 g/mol. The van der Waals surface area contributed by atoms with Crippen molar-refractivity contribution in [3.8, 4) is 0 Å². The normalized spacial score (nSPS) is 16.3. The van der Waals surface area contributed by atoms with Crippen molar-refractivity contribution < 1.29 is 14.5 Å². The van der Waals surface area contributed by atoms with Crippen LogP contribution in [0.1, 0.15) is 31.9 Å². The fourth-order valence-corrected chi connectivity index (χ4v) is 4.43. The molecule has 1 aromatic heterocycles. The first-order chi connectivity index (χ1) is 14.9. The summed E-state index contributed by atoms with van der Waals surface area (Å²) in [6.07, 6.45) is 0.760. The molecule has 2 N–H and O–H groups in total. The zero-order valence-corrected chi connectivity index (χ0v) is 18.9. The summed E-state index contributed by atoms with van der Waals surface area (Å²) in [5.41, 5.74) is 2.48. The number of nitro benzene ring substituents is 1. The highest BCUT2D eigenvalue weighted by molar-refractivity contribution is 7.80. The quantitative estimate of drug-likeness (QED) is 0.250. The number of hydrogen-bond acceptors (Lipinski definition) is 6. The standard InChI is InChI=1S/C21H24N4O4S2/c1-3-29-10-5-9-24-14(2)18(19(23-21(24)30)15-8-11-31-13-15)20(26)22-16-6-4-7-17(12-16)25(27)28/h4,6-8,11-13,19H,3,5,9-10H2,1-2H3,(H,22,26)(H,23,30). The molecule has 0 aliphatic carbocycles. The molecule has 8 nitrogen and oxygen atoms in total. The Morgan fingerprint density at radius 2 is 2.23 bits per heavy atom. The maximum atomic E-state index is 13.3. The Bertz CT molecular complexity index is 991. The minimum absolute atomic E-state index is 0.0848. The third-order valence-corrected chi connectivity index (χ3v) is 5.95. The van der Waals surface area contributed by atoms with Crippen LogP contribution in [0, 0.1) is 10.1 Å². The molecule has 31 heavy (non-hydrogen) atoms. The Labute approximate surface area is 190 Å². The van der Waals surface area contributed by atoms with Gasteiger partial charge < -0.3 is 20.3 Å². The highest BCUT2D eigenvalue weighted by Crippen LogP contribution is 2.32. The smallest absolute Gasteiger partial charge is 0.271 e. The summed E-state index contributed by atoms with van der Waals surface area (Å²) >= 11 is 7.12. The number of ether oxygens (including phenoxy) is 1. The van der Waals surface area contributed by atoms with Gasteiger partial charge in [-0.15, -0.1) is 0 Å². The predicted molar refractivity (Wildman–Crippen MR) is 125 cm³/mol. The van der Waals surface area contributed by atoms with Crippen LogP contribution in [0.25, 0.3) is 0 Å². The Morgan fingerprint density at radius 1 is 1.42 bits per heavy atom. The van der Waals surface area contributed by atoms with Gasteiger partial charge >= 0.3 is 0 Å². The number of thiocarbonyl (C=S) groups is 1. The lowest BCUT2D eigenvalue weighted by Gasteiger charge is -2.37. The van der Waals surface area contributed by atoms with E-state index in [4.69, 9.17) is 17.0 Å². The first kappa shape index (κ1) is 22.9. The highest BCUT2D eigenvalue weighted by atomic mass is 32.1. The SMILES string of the molecule is CCOCCCN1C(=S)NC(c2ccsc2)C(C(=O)Nc2cccc([N+](=O)[O-])c2)=C1C. The molecule has 1 aliphatic rings. The third-order valence-electron chi connectivity index (χ3n) is 4.91. The van der Waals surface area contributed by atoms with E-state index in [-0.39, 0.29) is 11.6 Å². The van der Waals surface area contributed by atoms with Crippen LogP contribution in [-0.2, 0) is 9.53 Å². The molecule has 3 rings (SSSR count). The molecule has 1 aliphatic heterocycles. The van der Waals surface area contributed by atoms with Crippen LogP contribution in [0.3, 0.4) is 0 Å². The molecule has 2 heterocycles. The molecule has 0 bridgehead atoms. The molecule has 1 atom stereocenters. The van der Waals surface area contributed by atoms with Gasteiger partial charge in [0.15, 0.2) is 5.11 Å². The topological polar surface area (TPSA) is 96.7 Å². The van der Waals surface area contributed by atoms with Gasteiger partial charge in [-0.1, -0.05) is 6.07 Å². The lowest BCUT2D eigenvalue weighted by Crippen LogP contribution is -2.48. The molecular weight excluding hydrogens is 436 g/mol. The number of carbonyl (C=O) groups excluding carboxylic acids is 1. The Balaban J connectivity index is 1.91. The fraction of sp³-hybridized carbons (Fsp3) is 0.333. The maximum Gasteiger partial charge on any atom is 0.271 e. The van der Waals surface area contributed by atoms with Crippen LogP contribution in [0.15, 0.2) is 52.4 Å². The van der Waals surface area contributed by atoms with Crippen molar-refractivity contribution in [2.75, 3.05) is 25.1 Å². The number of nitrogens with one attached hydrogen (secondary N) is 2. The lowest BCUT2D eigenvalue weighted by molar-refractivity contribution is -0.384. The number of anilines is 1. The first-order valence-corrected chi connectivity index (χ1v) is 11.2. The average molecular weight is 461 g/mol. The van der Waals surface area contributed by atoms with E-state index >= 15 is 0 Å². The number of thiophene rings is 1. The number of benzene rings is 1. The van der Waals surface area contributed by atoms with E-state index in [9.17, 15) is 14.9 Å². The maximum absolute atomic E-state index is 13.3. The minimum Gasteiger partial charge on any atom is -0.382 e. The number of carbonyl (C=O) groups is 1. The molecule has 10 heteroatoms. The number of nitro groups is 1. The zero-order valence-electron chi connectivity index (χ0n) is 17.3. The molecule has 0 radical (unpaired) electrons. The molecular formula is C21H24N4O4S2. The van der Waals surface area contributed by atoms with Crippen molar-refractivity contribution in [1.29, 1.82) is 0 Å². The molecule has 1 unspecified atom stereocenters. The van der Waals surface area contributed by atoms with Crippen LogP contribution in [0.2, 0.25) is 0 Å². The summed E-state index contributed by atoms with van der Waals surface area (Å²) in [5.74, 6) is -0.334. The van der Waals surface area contributed by atoms with E-state index in [0.29, 0.717) is 36.1 Å². The van der Waals surface area contributed by atoms with Gasteiger partial charge in [0.2, 0.25) is 0 Å². The molecule has 1 amide bonds. The Hall–Kier alpha value is -2.82.